The van der Waals surface area contributed by atoms with Crippen LogP contribution in [0.2, 0.25) is 25.7 Å². The van der Waals surface area contributed by atoms with E-state index in [1.807, 2.05) is 11.6 Å². The maximum Gasteiger partial charge on any atom is 0.359 e. The normalized spacial score (nSPS) is 16.8. The molecule has 0 saturated carbocycles. The number of carbonyl (C=O) groups is 1. The first-order valence-corrected chi connectivity index (χ1v) is 12.7. The van der Waals surface area contributed by atoms with Crippen LogP contribution in [0.5, 0.6) is 0 Å². The highest BCUT2D eigenvalue weighted by atomic mass is 28.3. The van der Waals surface area contributed by atoms with Crippen LogP contribution < -0.4 is 0 Å². The van der Waals surface area contributed by atoms with Crippen molar-refractivity contribution < 1.29 is 14.3 Å². The topological polar surface area (TPSA) is 53.3 Å². The van der Waals surface area contributed by atoms with Crippen LogP contribution in [0, 0.1) is 5.41 Å². The number of esters is 1. The lowest BCUT2D eigenvalue weighted by Gasteiger charge is -2.30. The molecule has 24 heavy (non-hydrogen) atoms. The molecule has 136 valence electrons. The lowest BCUT2D eigenvalue weighted by Crippen LogP contribution is -2.25. The van der Waals surface area contributed by atoms with Crippen LogP contribution in [0.15, 0.2) is 0 Å². The molecule has 0 atom stereocenters. The minimum absolute atomic E-state index is 0.231. The average molecular weight is 353 g/mol. The molecule has 0 amide bonds. The quantitative estimate of drug-likeness (QED) is 0.424. The van der Waals surface area contributed by atoms with Gasteiger partial charge in [-0.05, 0) is 37.6 Å². The van der Waals surface area contributed by atoms with Gasteiger partial charge in [0.1, 0.15) is 6.73 Å². The second-order valence-electron chi connectivity index (χ2n) is 8.68. The van der Waals surface area contributed by atoms with Crippen molar-refractivity contribution in [3.8, 4) is 0 Å². The standard InChI is InChI=1S/C18H32N2O3Si/c1-7-23-17(21)16-14-8-9-18(2,3)12-15(14)20(19-16)13-22-10-11-24(4,5)6/h7-13H2,1-6H3. The Labute approximate surface area is 146 Å². The molecule has 0 radical (unpaired) electrons. The summed E-state index contributed by atoms with van der Waals surface area (Å²) in [4.78, 5) is 12.2. The van der Waals surface area contributed by atoms with Gasteiger partial charge in [-0.3, -0.25) is 0 Å². The van der Waals surface area contributed by atoms with Gasteiger partial charge >= 0.3 is 5.97 Å². The molecule has 1 aliphatic rings. The molecule has 0 unspecified atom stereocenters. The highest BCUT2D eigenvalue weighted by Crippen LogP contribution is 2.36. The summed E-state index contributed by atoms with van der Waals surface area (Å²) in [6.45, 7) is 14.9. The van der Waals surface area contributed by atoms with Crippen LogP contribution in [0.3, 0.4) is 0 Å². The van der Waals surface area contributed by atoms with Crippen LogP contribution in [0.4, 0.5) is 0 Å². The van der Waals surface area contributed by atoms with E-state index in [0.717, 1.165) is 43.2 Å². The van der Waals surface area contributed by atoms with Crippen molar-refractivity contribution in [2.45, 2.75) is 72.4 Å². The average Bonchev–Trinajstić information content (AvgIpc) is 2.79. The Hall–Kier alpha value is -1.14. The van der Waals surface area contributed by atoms with E-state index in [-0.39, 0.29) is 11.4 Å². The Morgan fingerprint density at radius 2 is 2.04 bits per heavy atom. The lowest BCUT2D eigenvalue weighted by molar-refractivity contribution is 0.0509. The summed E-state index contributed by atoms with van der Waals surface area (Å²) in [5.41, 5.74) is 2.91. The summed E-state index contributed by atoms with van der Waals surface area (Å²) >= 11 is 0. The molecule has 1 heterocycles. The zero-order chi connectivity index (χ0) is 18.0. The SMILES string of the molecule is CCOC(=O)c1nn(COCC[Si](C)(C)C)c2c1CCC(C)(C)C2. The third kappa shape index (κ3) is 4.93. The second kappa shape index (κ2) is 7.40. The number of ether oxygens (including phenoxy) is 2. The van der Waals surface area contributed by atoms with Crippen molar-refractivity contribution in [3.63, 3.8) is 0 Å². The molecular formula is C18H32N2O3Si. The van der Waals surface area contributed by atoms with Gasteiger partial charge in [0.05, 0.1) is 6.61 Å². The molecule has 1 aromatic rings. The molecule has 0 N–H and O–H groups in total. The summed E-state index contributed by atoms with van der Waals surface area (Å²) in [7, 11) is -1.10. The van der Waals surface area contributed by atoms with Gasteiger partial charge in [-0.2, -0.15) is 5.10 Å². The van der Waals surface area contributed by atoms with E-state index in [1.165, 1.54) is 0 Å². The van der Waals surface area contributed by atoms with E-state index in [0.29, 0.717) is 19.0 Å². The number of carbonyl (C=O) groups excluding carboxylic acids is 1. The number of hydrogen-bond donors (Lipinski definition) is 0. The Morgan fingerprint density at radius 3 is 2.67 bits per heavy atom. The fourth-order valence-corrected chi connectivity index (χ4v) is 3.76. The minimum atomic E-state index is -1.10. The fourth-order valence-electron chi connectivity index (χ4n) is 3.00. The molecule has 1 aliphatic carbocycles. The maximum absolute atomic E-state index is 12.2. The number of fused-ring (bicyclic) bond motifs is 1. The lowest BCUT2D eigenvalue weighted by atomic mass is 9.76. The van der Waals surface area contributed by atoms with Crippen LogP contribution in [0.25, 0.3) is 0 Å². The number of rotatable bonds is 7. The second-order valence-corrected chi connectivity index (χ2v) is 14.3. The van der Waals surface area contributed by atoms with Crippen molar-refractivity contribution in [1.29, 1.82) is 0 Å². The predicted octanol–water partition coefficient (Wildman–Crippen LogP) is 3.89. The van der Waals surface area contributed by atoms with E-state index < -0.39 is 8.07 Å². The summed E-state index contributed by atoms with van der Waals surface area (Å²) in [6.07, 6.45) is 2.87. The fraction of sp³-hybridized carbons (Fsp3) is 0.778. The zero-order valence-electron chi connectivity index (χ0n) is 16.1. The van der Waals surface area contributed by atoms with Gasteiger partial charge < -0.3 is 9.47 Å². The Bertz CT molecular complexity index is 588. The molecule has 0 spiro atoms. The number of nitrogens with zero attached hydrogens (tertiary/aromatic N) is 2. The van der Waals surface area contributed by atoms with E-state index in [9.17, 15) is 4.79 Å². The first kappa shape index (κ1) is 19.2. The van der Waals surface area contributed by atoms with E-state index >= 15 is 0 Å². The summed E-state index contributed by atoms with van der Waals surface area (Å²) < 4.78 is 12.9. The third-order valence-electron chi connectivity index (χ3n) is 4.54. The van der Waals surface area contributed by atoms with Crippen molar-refractivity contribution in [3.05, 3.63) is 17.0 Å². The third-order valence-corrected chi connectivity index (χ3v) is 6.25. The molecule has 0 bridgehead atoms. The molecule has 0 fully saturated rings. The van der Waals surface area contributed by atoms with Gasteiger partial charge in [-0.15, -0.1) is 0 Å². The summed E-state index contributed by atoms with van der Waals surface area (Å²) in [5, 5.41) is 4.54. The Balaban J connectivity index is 2.16. The molecule has 0 aliphatic heterocycles. The minimum Gasteiger partial charge on any atom is -0.461 e. The van der Waals surface area contributed by atoms with E-state index in [2.05, 4.69) is 38.6 Å². The molecule has 6 heteroatoms. The van der Waals surface area contributed by atoms with Crippen molar-refractivity contribution >= 4 is 14.0 Å². The highest BCUT2D eigenvalue weighted by molar-refractivity contribution is 6.76. The van der Waals surface area contributed by atoms with Crippen molar-refractivity contribution in [2.24, 2.45) is 5.41 Å². The predicted molar refractivity (Wildman–Crippen MR) is 98.1 cm³/mol. The Kier molecular flexibility index (Phi) is 5.91. The van der Waals surface area contributed by atoms with Crippen molar-refractivity contribution in [2.75, 3.05) is 13.2 Å². The van der Waals surface area contributed by atoms with Gasteiger partial charge in [0.2, 0.25) is 0 Å². The molecule has 5 nitrogen and oxygen atoms in total. The van der Waals surface area contributed by atoms with Gasteiger partial charge in [-0.25, -0.2) is 9.48 Å². The van der Waals surface area contributed by atoms with Gasteiger partial charge in [-0.1, -0.05) is 33.5 Å². The number of aromatic nitrogens is 2. The Morgan fingerprint density at radius 1 is 1.33 bits per heavy atom. The maximum atomic E-state index is 12.2. The van der Waals surface area contributed by atoms with Gasteiger partial charge in [0.25, 0.3) is 0 Å². The molecule has 1 aromatic heterocycles. The van der Waals surface area contributed by atoms with Crippen molar-refractivity contribution in [1.82, 2.24) is 9.78 Å². The molecule has 0 aromatic carbocycles. The van der Waals surface area contributed by atoms with Crippen LogP contribution in [0.1, 0.15) is 48.9 Å². The monoisotopic (exact) mass is 352 g/mol. The first-order valence-electron chi connectivity index (χ1n) is 8.96. The number of hydrogen-bond acceptors (Lipinski definition) is 4. The molecular weight excluding hydrogens is 320 g/mol. The van der Waals surface area contributed by atoms with Crippen LogP contribution in [-0.4, -0.2) is 37.0 Å². The van der Waals surface area contributed by atoms with E-state index in [1.54, 1.807) is 0 Å². The van der Waals surface area contributed by atoms with E-state index in [4.69, 9.17) is 9.47 Å². The first-order chi connectivity index (χ1) is 11.1. The summed E-state index contributed by atoms with van der Waals surface area (Å²) in [6, 6.07) is 1.13. The largest absolute Gasteiger partial charge is 0.461 e. The highest BCUT2D eigenvalue weighted by Gasteiger charge is 2.33. The smallest absolute Gasteiger partial charge is 0.359 e. The van der Waals surface area contributed by atoms with Gasteiger partial charge in [0, 0.05) is 25.9 Å². The van der Waals surface area contributed by atoms with Crippen LogP contribution >= 0.6 is 0 Å². The zero-order valence-corrected chi connectivity index (χ0v) is 17.1. The molecule has 0 saturated heterocycles. The van der Waals surface area contributed by atoms with Gasteiger partial charge in [0.15, 0.2) is 5.69 Å². The molecule has 2 rings (SSSR count). The summed E-state index contributed by atoms with van der Waals surface area (Å²) in [5.74, 6) is -0.311. The van der Waals surface area contributed by atoms with Crippen LogP contribution in [-0.2, 0) is 29.0 Å².